The fourth-order valence-electron chi connectivity index (χ4n) is 0. The normalized spacial score (nSPS) is 0. The van der Waals surface area contributed by atoms with E-state index in [9.17, 15) is 0 Å². The van der Waals surface area contributed by atoms with E-state index in [1.165, 1.54) is 0 Å². The van der Waals surface area contributed by atoms with Gasteiger partial charge in [-0.3, -0.25) is 0 Å². The van der Waals surface area contributed by atoms with Gasteiger partial charge in [-0.15, -0.1) is 85.2 Å². The minimum atomic E-state index is 0. The minimum absolute atomic E-state index is 0. The Hall–Kier alpha value is 2.33. The summed E-state index contributed by atoms with van der Waals surface area (Å²) in [5.74, 6) is 0. The predicted molar refractivity (Wildman–Crippen MR) is 52.6 cm³/mol. The van der Waals surface area contributed by atoms with Gasteiger partial charge in [0, 0.05) is 0 Å². The molecule has 40 valence electrons. The van der Waals surface area contributed by atoms with E-state index in [0.29, 0.717) is 0 Å². The van der Waals surface area contributed by atoms with Gasteiger partial charge in [0.1, 0.15) is 0 Å². The standard InChI is InChI=1S/3ClH.2HI/h5*1H. The molecule has 0 aliphatic rings. The van der Waals surface area contributed by atoms with Gasteiger partial charge >= 0.3 is 0 Å². The summed E-state index contributed by atoms with van der Waals surface area (Å²) in [5.41, 5.74) is 0. The molecule has 0 atom stereocenters. The van der Waals surface area contributed by atoms with Gasteiger partial charge in [0.15, 0.2) is 0 Å². The summed E-state index contributed by atoms with van der Waals surface area (Å²) in [6.07, 6.45) is 0. The molecule has 0 aromatic heterocycles. The van der Waals surface area contributed by atoms with Crippen LogP contribution in [0.2, 0.25) is 0 Å². The highest BCUT2D eigenvalue weighted by Crippen LogP contribution is 0.887. The fourth-order valence-corrected chi connectivity index (χ4v) is 0. The zero-order chi connectivity index (χ0) is 0. The molecule has 0 bridgehead atoms. The van der Waals surface area contributed by atoms with Crippen molar-refractivity contribution >= 4 is 85.2 Å². The van der Waals surface area contributed by atoms with E-state index < -0.39 is 0 Å². The maximum absolute atomic E-state index is 0. The fraction of sp³-hybridized carbons (Fsp3) is 0. The van der Waals surface area contributed by atoms with Crippen molar-refractivity contribution in [3.05, 3.63) is 0 Å². The van der Waals surface area contributed by atoms with Crippen LogP contribution in [0.25, 0.3) is 0 Å². The molecule has 0 fully saturated rings. The molecule has 0 radical (unpaired) electrons. The molecule has 0 heterocycles. The average molecular weight is 365 g/mol. The van der Waals surface area contributed by atoms with Crippen molar-refractivity contribution < 1.29 is 0 Å². The molecular formula is H5Cl3I2. The van der Waals surface area contributed by atoms with Crippen LogP contribution in [-0.4, -0.2) is 0 Å². The molecule has 5 heavy (non-hydrogen) atoms. The predicted octanol–water partition coefficient (Wildman–Crippen LogP) is 2.50. The minimum Gasteiger partial charge on any atom is -0.147 e. The zero-order valence-electron chi connectivity index (χ0n) is 2.04. The summed E-state index contributed by atoms with van der Waals surface area (Å²) in [4.78, 5) is 0. The third-order valence-electron chi connectivity index (χ3n) is 0. The van der Waals surface area contributed by atoms with Gasteiger partial charge in [0.25, 0.3) is 0 Å². The number of hydrogen-bond donors (Lipinski definition) is 0. The first-order valence-corrected chi connectivity index (χ1v) is 0. The molecular weight excluding hydrogens is 360 g/mol. The van der Waals surface area contributed by atoms with Gasteiger partial charge in [-0.2, -0.15) is 0 Å². The Morgan fingerprint density at radius 1 is 0.400 bits per heavy atom. The SMILES string of the molecule is Cl.Cl.Cl.I.I. The number of halogens is 5. The van der Waals surface area contributed by atoms with Crippen molar-refractivity contribution in [2.75, 3.05) is 0 Å². The third kappa shape index (κ3) is 21.9. The number of hydrogen-bond acceptors (Lipinski definition) is 0. The Morgan fingerprint density at radius 3 is 0.400 bits per heavy atom. The van der Waals surface area contributed by atoms with Gasteiger partial charge in [-0.1, -0.05) is 0 Å². The van der Waals surface area contributed by atoms with E-state index in [1.807, 2.05) is 0 Å². The van der Waals surface area contributed by atoms with Crippen LogP contribution in [0, 0.1) is 0 Å². The maximum Gasteiger partial charge on any atom is -0.107 e. The van der Waals surface area contributed by atoms with E-state index in [-0.39, 0.29) is 85.2 Å². The lowest BCUT2D eigenvalue weighted by atomic mass is 35.5. The van der Waals surface area contributed by atoms with Gasteiger partial charge < -0.3 is 0 Å². The van der Waals surface area contributed by atoms with Crippen LogP contribution < -0.4 is 0 Å². The molecule has 0 aromatic rings. The first kappa shape index (κ1) is 54.1. The highest BCUT2D eigenvalue weighted by atomic mass is 127. The van der Waals surface area contributed by atoms with Crippen molar-refractivity contribution in [1.82, 2.24) is 0 Å². The van der Waals surface area contributed by atoms with E-state index in [1.54, 1.807) is 0 Å². The second-order valence-electron chi connectivity index (χ2n) is 0. The lowest BCUT2D eigenvalue weighted by Gasteiger charge is -0.148. The van der Waals surface area contributed by atoms with E-state index >= 15 is 0 Å². The van der Waals surface area contributed by atoms with Crippen molar-refractivity contribution in [3.63, 3.8) is 0 Å². The van der Waals surface area contributed by atoms with Gasteiger partial charge in [-0.05, 0) is 0 Å². The van der Waals surface area contributed by atoms with Crippen LogP contribution in [-0.2, 0) is 0 Å². The highest BCUT2D eigenvalue weighted by molar-refractivity contribution is 14.0. The topological polar surface area (TPSA) is 0 Å². The third-order valence-corrected chi connectivity index (χ3v) is 0. The Labute approximate surface area is 84.1 Å². The summed E-state index contributed by atoms with van der Waals surface area (Å²) in [7, 11) is 0. The lowest BCUT2D eigenvalue weighted by molar-refractivity contribution is 5.85. The summed E-state index contributed by atoms with van der Waals surface area (Å²) >= 11 is 0. The molecule has 0 aliphatic heterocycles. The second kappa shape index (κ2) is 33.1. The molecule has 0 nitrogen and oxygen atoms in total. The van der Waals surface area contributed by atoms with Gasteiger partial charge in [-0.25, -0.2) is 0 Å². The van der Waals surface area contributed by atoms with Crippen molar-refractivity contribution in [2.24, 2.45) is 0 Å². The monoisotopic (exact) mass is 364 g/mol. The smallest absolute Gasteiger partial charge is 0.107 e. The zero-order valence-corrected chi connectivity index (χ0v) is 9.15. The van der Waals surface area contributed by atoms with Crippen molar-refractivity contribution in [3.8, 4) is 0 Å². The Balaban J connectivity index is 0. The van der Waals surface area contributed by atoms with E-state index in [2.05, 4.69) is 0 Å². The van der Waals surface area contributed by atoms with Crippen LogP contribution in [0.15, 0.2) is 0 Å². The summed E-state index contributed by atoms with van der Waals surface area (Å²) in [6, 6.07) is 0. The molecule has 0 spiro atoms. The molecule has 0 rings (SSSR count). The molecule has 0 saturated heterocycles. The first-order valence-electron chi connectivity index (χ1n) is 0. The Kier molecular flexibility index (Phi) is 358. The molecule has 0 N–H and O–H groups in total. The summed E-state index contributed by atoms with van der Waals surface area (Å²) in [6.45, 7) is 0. The van der Waals surface area contributed by atoms with Crippen LogP contribution >= 0.6 is 85.2 Å². The molecule has 0 aliphatic carbocycles. The Bertz CT molecular complexity index is 4.85. The molecule has 5 heteroatoms. The summed E-state index contributed by atoms with van der Waals surface area (Å²) in [5, 5.41) is 0. The summed E-state index contributed by atoms with van der Waals surface area (Å²) < 4.78 is 0. The van der Waals surface area contributed by atoms with E-state index in [4.69, 9.17) is 0 Å². The molecule has 0 unspecified atom stereocenters. The first-order chi connectivity index (χ1) is 0. The number of rotatable bonds is 0. The van der Waals surface area contributed by atoms with Gasteiger partial charge in [0.2, 0.25) is 0 Å². The lowest BCUT2D eigenvalue weighted by Crippen LogP contribution is 0.689. The highest BCUT2D eigenvalue weighted by Gasteiger charge is -0.106. The van der Waals surface area contributed by atoms with Gasteiger partial charge in [0.05, 0.1) is 0 Å². The van der Waals surface area contributed by atoms with Crippen LogP contribution in [0.3, 0.4) is 0 Å². The maximum atomic E-state index is 0. The quantitative estimate of drug-likeness (QED) is 0.579. The van der Waals surface area contributed by atoms with Crippen LogP contribution in [0.5, 0.6) is 0 Å². The van der Waals surface area contributed by atoms with Crippen LogP contribution in [0.4, 0.5) is 0 Å². The molecule has 0 saturated carbocycles. The van der Waals surface area contributed by atoms with Crippen molar-refractivity contribution in [1.29, 1.82) is 0 Å². The van der Waals surface area contributed by atoms with Crippen molar-refractivity contribution in [2.45, 2.75) is 0 Å². The second-order valence-corrected chi connectivity index (χ2v) is 0. The molecule has 0 amide bonds. The molecule has 0 aromatic carbocycles. The average Bonchev–Trinajstić information content (AvgIpc) is 0. The van der Waals surface area contributed by atoms with Crippen LogP contribution in [0.1, 0.15) is 0 Å². The van der Waals surface area contributed by atoms with E-state index in [0.717, 1.165) is 0 Å². The Morgan fingerprint density at radius 2 is 0.400 bits per heavy atom. The largest absolute Gasteiger partial charge is 0.147 e.